The summed E-state index contributed by atoms with van der Waals surface area (Å²) in [4.78, 5) is 2.72. The molecular formula is C9H16N4S. The third-order valence-electron chi connectivity index (χ3n) is 1.99. The van der Waals surface area contributed by atoms with Crippen LogP contribution in [0.15, 0.2) is 12.4 Å². The van der Waals surface area contributed by atoms with Gasteiger partial charge in [-0.1, -0.05) is 19.1 Å². The Hall–Kier alpha value is -0.940. The summed E-state index contributed by atoms with van der Waals surface area (Å²) in [5, 5.41) is 4.11. The standard InChI is InChI=1S/C9H16N4S/c1-3-13(7-9(10)14)6-8-4-11-12(2)5-8/h4-5H,3,6-7H2,1-2H3,(H2,10,14). The molecule has 0 saturated heterocycles. The van der Waals surface area contributed by atoms with Crippen molar-refractivity contribution in [1.82, 2.24) is 14.7 Å². The molecule has 14 heavy (non-hydrogen) atoms. The van der Waals surface area contributed by atoms with Crippen LogP contribution in [-0.2, 0) is 13.6 Å². The smallest absolute Gasteiger partial charge is 0.0870 e. The number of hydrogen-bond donors (Lipinski definition) is 1. The van der Waals surface area contributed by atoms with Gasteiger partial charge in [0, 0.05) is 31.9 Å². The first kappa shape index (κ1) is 11.1. The van der Waals surface area contributed by atoms with Crippen molar-refractivity contribution in [3.8, 4) is 0 Å². The van der Waals surface area contributed by atoms with Gasteiger partial charge in [0.15, 0.2) is 0 Å². The van der Waals surface area contributed by atoms with Crippen molar-refractivity contribution in [1.29, 1.82) is 0 Å². The van der Waals surface area contributed by atoms with Crippen LogP contribution in [0.2, 0.25) is 0 Å². The van der Waals surface area contributed by atoms with E-state index in [-0.39, 0.29) is 0 Å². The molecule has 0 bridgehead atoms. The quantitative estimate of drug-likeness (QED) is 0.723. The normalized spacial score (nSPS) is 10.8. The Labute approximate surface area is 89.7 Å². The van der Waals surface area contributed by atoms with E-state index in [1.165, 1.54) is 5.56 Å². The molecule has 0 aliphatic carbocycles. The van der Waals surface area contributed by atoms with Crippen LogP contribution in [0.3, 0.4) is 0 Å². The predicted molar refractivity (Wildman–Crippen MR) is 60.9 cm³/mol. The lowest BCUT2D eigenvalue weighted by molar-refractivity contribution is 0.321. The van der Waals surface area contributed by atoms with Crippen LogP contribution in [0.1, 0.15) is 12.5 Å². The summed E-state index contributed by atoms with van der Waals surface area (Å²) in [5.74, 6) is 0. The maximum Gasteiger partial charge on any atom is 0.0870 e. The molecule has 1 heterocycles. The van der Waals surface area contributed by atoms with E-state index in [2.05, 4.69) is 16.9 Å². The second-order valence-electron chi connectivity index (χ2n) is 3.29. The first-order chi connectivity index (χ1) is 6.61. The van der Waals surface area contributed by atoms with Gasteiger partial charge in [0.2, 0.25) is 0 Å². The van der Waals surface area contributed by atoms with Crippen LogP contribution in [0.25, 0.3) is 0 Å². The summed E-state index contributed by atoms with van der Waals surface area (Å²) in [7, 11) is 1.91. The molecule has 0 radical (unpaired) electrons. The van der Waals surface area contributed by atoms with Gasteiger partial charge in [-0.2, -0.15) is 5.10 Å². The van der Waals surface area contributed by atoms with Gasteiger partial charge in [-0.25, -0.2) is 0 Å². The largest absolute Gasteiger partial charge is 0.392 e. The highest BCUT2D eigenvalue weighted by atomic mass is 32.1. The Morgan fingerprint density at radius 2 is 2.43 bits per heavy atom. The SMILES string of the molecule is CCN(CC(N)=S)Cc1cnn(C)c1. The summed E-state index contributed by atoms with van der Waals surface area (Å²) < 4.78 is 1.80. The minimum Gasteiger partial charge on any atom is -0.392 e. The van der Waals surface area contributed by atoms with E-state index >= 15 is 0 Å². The molecule has 5 heteroatoms. The molecule has 0 aliphatic rings. The third kappa shape index (κ3) is 3.43. The molecule has 0 aromatic carbocycles. The van der Waals surface area contributed by atoms with Crippen molar-refractivity contribution in [2.45, 2.75) is 13.5 Å². The van der Waals surface area contributed by atoms with E-state index in [9.17, 15) is 0 Å². The molecule has 0 fully saturated rings. The first-order valence-electron chi connectivity index (χ1n) is 4.60. The lowest BCUT2D eigenvalue weighted by Crippen LogP contribution is -2.32. The second kappa shape index (κ2) is 5.07. The van der Waals surface area contributed by atoms with Crippen molar-refractivity contribution in [3.63, 3.8) is 0 Å². The predicted octanol–water partition coefficient (Wildman–Crippen LogP) is 0.528. The topological polar surface area (TPSA) is 47.1 Å². The van der Waals surface area contributed by atoms with Crippen LogP contribution >= 0.6 is 12.2 Å². The highest BCUT2D eigenvalue weighted by Crippen LogP contribution is 2.02. The number of hydrogen-bond acceptors (Lipinski definition) is 3. The Kier molecular flexibility index (Phi) is 4.03. The number of rotatable bonds is 5. The molecule has 0 saturated carbocycles. The molecular weight excluding hydrogens is 196 g/mol. The van der Waals surface area contributed by atoms with Gasteiger partial charge >= 0.3 is 0 Å². The van der Waals surface area contributed by atoms with Gasteiger partial charge in [-0.05, 0) is 6.54 Å². The maximum absolute atomic E-state index is 5.50. The number of thiocarbonyl (C=S) groups is 1. The number of nitrogens with two attached hydrogens (primary N) is 1. The molecule has 1 rings (SSSR count). The van der Waals surface area contributed by atoms with E-state index in [0.29, 0.717) is 11.5 Å². The van der Waals surface area contributed by atoms with E-state index in [0.717, 1.165) is 13.1 Å². The fourth-order valence-electron chi connectivity index (χ4n) is 1.31. The van der Waals surface area contributed by atoms with E-state index < -0.39 is 0 Å². The molecule has 0 aliphatic heterocycles. The van der Waals surface area contributed by atoms with Crippen molar-refractivity contribution < 1.29 is 0 Å². The summed E-state index contributed by atoms with van der Waals surface area (Å²) in [6, 6.07) is 0. The number of aromatic nitrogens is 2. The molecule has 2 N–H and O–H groups in total. The summed E-state index contributed by atoms with van der Waals surface area (Å²) in [6.07, 6.45) is 3.87. The fourth-order valence-corrected chi connectivity index (χ4v) is 1.49. The van der Waals surface area contributed by atoms with Crippen LogP contribution in [0.5, 0.6) is 0 Å². The second-order valence-corrected chi connectivity index (χ2v) is 3.82. The molecule has 0 unspecified atom stereocenters. The molecule has 4 nitrogen and oxygen atoms in total. The van der Waals surface area contributed by atoms with Crippen molar-refractivity contribution in [2.24, 2.45) is 12.8 Å². The number of aryl methyl sites for hydroxylation is 1. The van der Waals surface area contributed by atoms with Crippen molar-refractivity contribution in [2.75, 3.05) is 13.1 Å². The van der Waals surface area contributed by atoms with Gasteiger partial charge in [0.25, 0.3) is 0 Å². The molecule has 78 valence electrons. The van der Waals surface area contributed by atoms with Crippen molar-refractivity contribution >= 4 is 17.2 Å². The summed E-state index contributed by atoms with van der Waals surface area (Å²) in [6.45, 7) is 4.54. The van der Waals surface area contributed by atoms with Gasteiger partial charge in [0.1, 0.15) is 0 Å². The molecule has 1 aromatic heterocycles. The zero-order chi connectivity index (χ0) is 10.6. The zero-order valence-corrected chi connectivity index (χ0v) is 9.42. The van der Waals surface area contributed by atoms with Gasteiger partial charge < -0.3 is 5.73 Å². The average molecular weight is 212 g/mol. The Balaban J connectivity index is 2.52. The minimum atomic E-state index is 0.538. The van der Waals surface area contributed by atoms with Gasteiger partial charge in [0.05, 0.1) is 11.2 Å². The Morgan fingerprint density at radius 1 is 1.71 bits per heavy atom. The average Bonchev–Trinajstić information content (AvgIpc) is 2.49. The molecule has 0 atom stereocenters. The monoisotopic (exact) mass is 212 g/mol. The fraction of sp³-hybridized carbons (Fsp3) is 0.556. The molecule has 0 amide bonds. The van der Waals surface area contributed by atoms with Crippen molar-refractivity contribution in [3.05, 3.63) is 18.0 Å². The van der Waals surface area contributed by atoms with Crippen LogP contribution in [-0.4, -0.2) is 32.8 Å². The van der Waals surface area contributed by atoms with Gasteiger partial charge in [-0.3, -0.25) is 9.58 Å². The molecule has 0 spiro atoms. The highest BCUT2D eigenvalue weighted by molar-refractivity contribution is 7.80. The lowest BCUT2D eigenvalue weighted by atomic mass is 10.3. The zero-order valence-electron chi connectivity index (χ0n) is 8.60. The van der Waals surface area contributed by atoms with Gasteiger partial charge in [-0.15, -0.1) is 0 Å². The van der Waals surface area contributed by atoms with E-state index in [4.69, 9.17) is 18.0 Å². The maximum atomic E-state index is 5.50. The third-order valence-corrected chi connectivity index (χ3v) is 2.12. The Morgan fingerprint density at radius 3 is 2.86 bits per heavy atom. The van der Waals surface area contributed by atoms with E-state index in [1.54, 1.807) is 4.68 Å². The van der Waals surface area contributed by atoms with E-state index in [1.807, 2.05) is 19.4 Å². The Bertz CT molecular complexity index is 308. The minimum absolute atomic E-state index is 0.538. The highest BCUT2D eigenvalue weighted by Gasteiger charge is 2.05. The van der Waals surface area contributed by atoms with Crippen LogP contribution < -0.4 is 5.73 Å². The summed E-state index contributed by atoms with van der Waals surface area (Å²) >= 11 is 4.87. The van der Waals surface area contributed by atoms with Crippen LogP contribution in [0.4, 0.5) is 0 Å². The lowest BCUT2D eigenvalue weighted by Gasteiger charge is -2.18. The summed E-state index contributed by atoms with van der Waals surface area (Å²) in [5.41, 5.74) is 6.68. The first-order valence-corrected chi connectivity index (χ1v) is 5.00. The number of likely N-dealkylation sites (N-methyl/N-ethyl adjacent to an activating group) is 1. The number of nitrogens with zero attached hydrogens (tertiary/aromatic N) is 3. The van der Waals surface area contributed by atoms with Crippen LogP contribution in [0, 0.1) is 0 Å². The molecule has 1 aromatic rings.